The van der Waals surface area contributed by atoms with Crippen LogP contribution in [0.4, 0.5) is 0 Å². The molecule has 0 fully saturated rings. The van der Waals surface area contributed by atoms with E-state index in [9.17, 15) is 24.8 Å². The molecule has 0 radical (unpaired) electrons. The average Bonchev–Trinajstić information content (AvgIpc) is 2.62. The Hall–Kier alpha value is -3.74. The highest BCUT2D eigenvalue weighted by Gasteiger charge is 2.25. The average molecular weight is 350 g/mol. The van der Waals surface area contributed by atoms with Crippen LogP contribution in [0, 0.1) is 10.1 Å². The predicted molar refractivity (Wildman–Crippen MR) is 95.3 cm³/mol. The Kier molecular flexibility index (Phi) is 4.62. The lowest BCUT2D eigenvalue weighted by atomic mass is 10.1. The van der Waals surface area contributed by atoms with Gasteiger partial charge in [0.1, 0.15) is 11.3 Å². The van der Waals surface area contributed by atoms with Gasteiger partial charge in [0.15, 0.2) is 0 Å². The maximum absolute atomic E-state index is 13.0. The number of ketones is 1. The van der Waals surface area contributed by atoms with E-state index in [2.05, 4.69) is 0 Å². The number of hydrogen-bond acceptors (Lipinski definition) is 5. The van der Waals surface area contributed by atoms with Gasteiger partial charge in [0.05, 0.1) is 5.69 Å². The van der Waals surface area contributed by atoms with Gasteiger partial charge in [0, 0.05) is 16.7 Å². The number of Topliss-reactive ketones (excluding diaryl/α,β-unsaturated/α-hetero) is 1. The summed E-state index contributed by atoms with van der Waals surface area (Å²) < 4.78 is 1.27. The predicted octanol–water partition coefficient (Wildman–Crippen LogP) is 2.67. The molecule has 1 aromatic heterocycles. The number of benzene rings is 2. The number of nitrogens with zero attached hydrogens (tertiary/aromatic N) is 2. The van der Waals surface area contributed by atoms with Gasteiger partial charge in [-0.1, -0.05) is 48.5 Å². The molecule has 1 N–H and O–H groups in total. The fraction of sp³-hybridized carbons (Fsp3) is 0.0526. The highest BCUT2D eigenvalue weighted by molar-refractivity contribution is 5.99. The number of aromatic hydroxyl groups is 1. The molecule has 3 aromatic rings. The van der Waals surface area contributed by atoms with Crippen molar-refractivity contribution in [3.05, 3.63) is 92.8 Å². The Morgan fingerprint density at radius 3 is 2.19 bits per heavy atom. The number of nitro groups is 1. The normalized spacial score (nSPS) is 10.5. The van der Waals surface area contributed by atoms with Crippen molar-refractivity contribution in [2.45, 2.75) is 0 Å². The maximum atomic E-state index is 13.0. The van der Waals surface area contributed by atoms with Gasteiger partial charge in [-0.05, 0) is 17.7 Å². The second kappa shape index (κ2) is 7.02. The van der Waals surface area contributed by atoms with E-state index in [0.29, 0.717) is 16.9 Å². The van der Waals surface area contributed by atoms with Gasteiger partial charge < -0.3 is 5.11 Å². The zero-order valence-electron chi connectivity index (χ0n) is 13.5. The second-order valence-corrected chi connectivity index (χ2v) is 5.55. The first kappa shape index (κ1) is 17.1. The van der Waals surface area contributed by atoms with Crippen molar-refractivity contribution in [2.75, 3.05) is 6.54 Å². The van der Waals surface area contributed by atoms with Crippen LogP contribution >= 0.6 is 0 Å². The number of pyridine rings is 1. The van der Waals surface area contributed by atoms with Crippen molar-refractivity contribution in [2.24, 2.45) is 0 Å². The van der Waals surface area contributed by atoms with Crippen LogP contribution in [-0.2, 0) is 0 Å². The third-order valence-corrected chi connectivity index (χ3v) is 3.82. The molecule has 0 aliphatic carbocycles. The topological polar surface area (TPSA) is 102 Å². The van der Waals surface area contributed by atoms with Crippen LogP contribution in [0.15, 0.2) is 71.5 Å². The van der Waals surface area contributed by atoms with Crippen LogP contribution in [0.25, 0.3) is 16.9 Å². The molecular formula is C19H14N2O5. The summed E-state index contributed by atoms with van der Waals surface area (Å²) >= 11 is 0. The third kappa shape index (κ3) is 3.23. The number of hydrogen-bond donors (Lipinski definition) is 1. The summed E-state index contributed by atoms with van der Waals surface area (Å²) in [7, 11) is 0. The molecule has 0 atom stereocenters. The summed E-state index contributed by atoms with van der Waals surface area (Å²) in [6.07, 6.45) is 0. The molecule has 1 heterocycles. The fourth-order valence-corrected chi connectivity index (χ4v) is 2.71. The lowest BCUT2D eigenvalue weighted by Crippen LogP contribution is -2.29. The largest absolute Gasteiger partial charge is 0.507 e. The minimum Gasteiger partial charge on any atom is -0.507 e. The summed E-state index contributed by atoms with van der Waals surface area (Å²) in [4.78, 5) is 34.9. The van der Waals surface area contributed by atoms with Gasteiger partial charge in [-0.25, -0.2) is 0 Å². The van der Waals surface area contributed by atoms with Crippen molar-refractivity contribution >= 4 is 5.78 Å². The first-order chi connectivity index (χ1) is 12.5. The van der Waals surface area contributed by atoms with Gasteiger partial charge in [-0.15, -0.1) is 0 Å². The lowest BCUT2D eigenvalue weighted by molar-refractivity contribution is -0.465. The van der Waals surface area contributed by atoms with E-state index in [1.807, 2.05) is 6.07 Å². The van der Waals surface area contributed by atoms with Gasteiger partial charge in [0.25, 0.3) is 12.1 Å². The summed E-state index contributed by atoms with van der Waals surface area (Å²) in [5, 5.41) is 20.9. The molecule has 7 nitrogen and oxygen atoms in total. The van der Waals surface area contributed by atoms with Gasteiger partial charge >= 0.3 is 0 Å². The Morgan fingerprint density at radius 1 is 1.04 bits per heavy atom. The molecule has 3 rings (SSSR count). The first-order valence-corrected chi connectivity index (χ1v) is 7.74. The van der Waals surface area contributed by atoms with E-state index < -0.39 is 34.1 Å². The quantitative estimate of drug-likeness (QED) is 0.433. The Balaban J connectivity index is 2.32. The monoisotopic (exact) mass is 350 g/mol. The summed E-state index contributed by atoms with van der Waals surface area (Å²) in [5.41, 5.74) is 0.104. The molecule has 0 bridgehead atoms. The van der Waals surface area contributed by atoms with Gasteiger partial charge in [-0.2, -0.15) is 0 Å². The van der Waals surface area contributed by atoms with Crippen molar-refractivity contribution in [1.29, 1.82) is 0 Å². The summed E-state index contributed by atoms with van der Waals surface area (Å²) in [5.74, 6) is -1.62. The fourth-order valence-electron chi connectivity index (χ4n) is 2.71. The molecular weight excluding hydrogens is 336 g/mol. The van der Waals surface area contributed by atoms with Gasteiger partial charge in [-0.3, -0.25) is 24.3 Å². The lowest BCUT2D eigenvalue weighted by Gasteiger charge is -2.15. The summed E-state index contributed by atoms with van der Waals surface area (Å²) in [6.45, 7) is -1.07. The highest BCUT2D eigenvalue weighted by Crippen LogP contribution is 2.26. The number of carbonyl (C=O) groups excluding carboxylic acids is 1. The molecule has 0 spiro atoms. The smallest absolute Gasteiger partial charge is 0.270 e. The Morgan fingerprint density at radius 2 is 1.62 bits per heavy atom. The molecule has 0 aliphatic rings. The third-order valence-electron chi connectivity index (χ3n) is 3.82. The SMILES string of the molecule is O=C(C[N+](=O)[O-])c1c(O)cc(-c2ccccc2)n(-c2ccccc2)c1=O. The van der Waals surface area contributed by atoms with E-state index in [1.165, 1.54) is 10.6 Å². The number of para-hydroxylation sites is 1. The maximum Gasteiger partial charge on any atom is 0.270 e. The Bertz CT molecular complexity index is 1030. The molecule has 26 heavy (non-hydrogen) atoms. The number of rotatable bonds is 5. The first-order valence-electron chi connectivity index (χ1n) is 7.74. The van der Waals surface area contributed by atoms with Crippen molar-refractivity contribution in [3.8, 4) is 22.7 Å². The van der Waals surface area contributed by atoms with Crippen LogP contribution in [0.5, 0.6) is 5.75 Å². The molecule has 0 saturated carbocycles. The standard InChI is InChI=1S/C19H14N2O5/c22-16-11-15(13-7-3-1-4-8-13)21(14-9-5-2-6-10-14)19(24)18(16)17(23)12-20(25)26/h1-11,22H,12H2. The molecule has 7 heteroatoms. The zero-order chi connectivity index (χ0) is 18.7. The molecule has 0 saturated heterocycles. The van der Waals surface area contributed by atoms with Crippen LogP contribution in [-0.4, -0.2) is 26.9 Å². The van der Waals surface area contributed by atoms with E-state index in [0.717, 1.165) is 0 Å². The molecule has 130 valence electrons. The van der Waals surface area contributed by atoms with Crippen molar-refractivity contribution in [1.82, 2.24) is 4.57 Å². The minimum atomic E-state index is -1.07. The number of carbonyl (C=O) groups is 1. The van der Waals surface area contributed by atoms with Crippen molar-refractivity contribution in [3.63, 3.8) is 0 Å². The van der Waals surface area contributed by atoms with Crippen LogP contribution in [0.2, 0.25) is 0 Å². The van der Waals surface area contributed by atoms with Crippen molar-refractivity contribution < 1.29 is 14.8 Å². The van der Waals surface area contributed by atoms with E-state index in [4.69, 9.17) is 0 Å². The minimum absolute atomic E-state index is 0.372. The Labute approximate surface area is 147 Å². The molecule has 0 unspecified atom stereocenters. The summed E-state index contributed by atoms with van der Waals surface area (Å²) in [6, 6.07) is 18.7. The van der Waals surface area contributed by atoms with Crippen LogP contribution < -0.4 is 5.56 Å². The molecule has 0 amide bonds. The van der Waals surface area contributed by atoms with Crippen LogP contribution in [0.1, 0.15) is 10.4 Å². The van der Waals surface area contributed by atoms with Gasteiger partial charge in [0.2, 0.25) is 5.78 Å². The highest BCUT2D eigenvalue weighted by atomic mass is 16.6. The van der Waals surface area contributed by atoms with E-state index >= 15 is 0 Å². The molecule has 0 aliphatic heterocycles. The second-order valence-electron chi connectivity index (χ2n) is 5.55. The van der Waals surface area contributed by atoms with E-state index in [-0.39, 0.29) is 0 Å². The van der Waals surface area contributed by atoms with E-state index in [1.54, 1.807) is 54.6 Å². The molecule has 2 aromatic carbocycles. The number of aromatic nitrogens is 1. The zero-order valence-corrected chi connectivity index (χ0v) is 13.5. The van der Waals surface area contributed by atoms with Crippen LogP contribution in [0.3, 0.4) is 0 Å².